The van der Waals surface area contributed by atoms with Crippen molar-refractivity contribution in [3.8, 4) is 6.07 Å². The quantitative estimate of drug-likeness (QED) is 0.602. The van der Waals surface area contributed by atoms with Crippen molar-refractivity contribution in [3.63, 3.8) is 0 Å². The molecule has 0 fully saturated rings. The molecule has 2 rings (SSSR count). The van der Waals surface area contributed by atoms with Gasteiger partial charge in [-0.3, -0.25) is 0 Å². The van der Waals surface area contributed by atoms with Gasteiger partial charge in [0.1, 0.15) is 0 Å². The molecule has 0 bridgehead atoms. The Hall–Kier alpha value is -2.86. The van der Waals surface area contributed by atoms with Crippen LogP contribution in [0.25, 0.3) is 0 Å². The molecule has 0 saturated heterocycles. The monoisotopic (exact) mass is 305 g/mol. The van der Waals surface area contributed by atoms with Crippen molar-refractivity contribution in [2.24, 2.45) is 0 Å². The van der Waals surface area contributed by atoms with Crippen molar-refractivity contribution >= 4 is 5.97 Å². The summed E-state index contributed by atoms with van der Waals surface area (Å²) >= 11 is 0. The second-order valence-corrected chi connectivity index (χ2v) is 5.24. The van der Waals surface area contributed by atoms with Gasteiger partial charge in [-0.1, -0.05) is 72.8 Å². The first kappa shape index (κ1) is 16.5. The average Bonchev–Trinajstić information content (AvgIpc) is 2.63. The van der Waals surface area contributed by atoms with E-state index in [0.717, 1.165) is 6.42 Å². The second-order valence-electron chi connectivity index (χ2n) is 5.24. The fourth-order valence-corrected chi connectivity index (χ4v) is 2.47. The first-order chi connectivity index (χ1) is 11.2. The molecular weight excluding hydrogens is 286 g/mol. The number of carbonyl (C=O) groups excluding carboxylic acids is 1. The number of esters is 1. The Morgan fingerprint density at radius 1 is 1.09 bits per heavy atom. The van der Waals surface area contributed by atoms with Crippen LogP contribution in [0.5, 0.6) is 0 Å². The average molecular weight is 305 g/mol. The van der Waals surface area contributed by atoms with E-state index in [2.05, 4.69) is 6.07 Å². The minimum atomic E-state index is -1.30. The number of rotatable bonds is 6. The molecule has 23 heavy (non-hydrogen) atoms. The molecule has 0 N–H and O–H groups in total. The van der Waals surface area contributed by atoms with E-state index in [-0.39, 0.29) is 6.42 Å². The van der Waals surface area contributed by atoms with E-state index in [1.54, 1.807) is 12.1 Å². The summed E-state index contributed by atoms with van der Waals surface area (Å²) in [6.45, 7) is 0. The van der Waals surface area contributed by atoms with E-state index in [1.165, 1.54) is 12.7 Å². The predicted octanol–water partition coefficient (Wildman–Crippen LogP) is 3.81. The van der Waals surface area contributed by atoms with E-state index in [4.69, 9.17) is 4.74 Å². The van der Waals surface area contributed by atoms with Crippen molar-refractivity contribution in [2.75, 3.05) is 7.11 Å². The first-order valence-corrected chi connectivity index (χ1v) is 7.47. The Labute approximate surface area is 136 Å². The summed E-state index contributed by atoms with van der Waals surface area (Å²) in [5, 5.41) is 9.66. The van der Waals surface area contributed by atoms with E-state index >= 15 is 0 Å². The third-order valence-corrected chi connectivity index (χ3v) is 3.78. The van der Waals surface area contributed by atoms with E-state index < -0.39 is 11.4 Å². The number of ether oxygens (including phenoxy) is 1. The smallest absolute Gasteiger partial charge is 0.331 e. The SMILES string of the molecule is COC(=O)C(C#N)(C/C=C/Cc1ccccc1)c1ccccc1. The van der Waals surface area contributed by atoms with Crippen LogP contribution in [0.4, 0.5) is 0 Å². The van der Waals surface area contributed by atoms with E-state index in [0.29, 0.717) is 5.56 Å². The van der Waals surface area contributed by atoms with Gasteiger partial charge >= 0.3 is 5.97 Å². The number of nitriles is 1. The molecule has 2 aromatic rings. The molecular formula is C20H19NO2. The summed E-state index contributed by atoms with van der Waals surface area (Å²) in [6.07, 6.45) is 4.90. The van der Waals surface area contributed by atoms with Gasteiger partial charge in [-0.05, 0) is 24.0 Å². The first-order valence-electron chi connectivity index (χ1n) is 7.47. The van der Waals surface area contributed by atoms with Gasteiger partial charge in [0.2, 0.25) is 0 Å². The summed E-state index contributed by atoms with van der Waals surface area (Å²) in [4.78, 5) is 12.3. The minimum Gasteiger partial charge on any atom is -0.468 e. The molecule has 0 aliphatic rings. The van der Waals surface area contributed by atoms with Crippen molar-refractivity contribution in [2.45, 2.75) is 18.3 Å². The van der Waals surface area contributed by atoms with Crippen LogP contribution in [-0.4, -0.2) is 13.1 Å². The molecule has 1 atom stereocenters. The lowest BCUT2D eigenvalue weighted by Crippen LogP contribution is -2.35. The lowest BCUT2D eigenvalue weighted by atomic mass is 9.78. The van der Waals surface area contributed by atoms with Crippen LogP contribution in [0.15, 0.2) is 72.8 Å². The number of carbonyl (C=O) groups is 1. The highest BCUT2D eigenvalue weighted by atomic mass is 16.5. The van der Waals surface area contributed by atoms with Gasteiger partial charge in [-0.2, -0.15) is 5.26 Å². The highest BCUT2D eigenvalue weighted by Gasteiger charge is 2.40. The molecule has 0 aromatic heterocycles. The normalized spacial score (nSPS) is 13.2. The fraction of sp³-hybridized carbons (Fsp3) is 0.200. The van der Waals surface area contributed by atoms with Crippen molar-refractivity contribution < 1.29 is 9.53 Å². The number of benzene rings is 2. The van der Waals surface area contributed by atoms with Gasteiger partial charge in [0, 0.05) is 0 Å². The fourth-order valence-electron chi connectivity index (χ4n) is 2.47. The molecule has 116 valence electrons. The maximum Gasteiger partial charge on any atom is 0.331 e. The largest absolute Gasteiger partial charge is 0.468 e. The number of methoxy groups -OCH3 is 1. The third kappa shape index (κ3) is 3.87. The Bertz CT molecular complexity index is 701. The molecule has 0 aliphatic heterocycles. The maximum absolute atomic E-state index is 12.3. The Morgan fingerprint density at radius 2 is 1.70 bits per heavy atom. The minimum absolute atomic E-state index is 0.285. The lowest BCUT2D eigenvalue weighted by molar-refractivity contribution is -0.145. The number of allylic oxidation sites excluding steroid dienone is 2. The van der Waals surface area contributed by atoms with Crippen LogP contribution in [0.2, 0.25) is 0 Å². The third-order valence-electron chi connectivity index (χ3n) is 3.78. The molecule has 3 nitrogen and oxygen atoms in total. The summed E-state index contributed by atoms with van der Waals surface area (Å²) in [5.74, 6) is -0.532. The van der Waals surface area contributed by atoms with E-state index in [9.17, 15) is 10.1 Å². The summed E-state index contributed by atoms with van der Waals surface area (Å²) in [6, 6.07) is 21.2. The van der Waals surface area contributed by atoms with E-state index in [1.807, 2.05) is 60.7 Å². The van der Waals surface area contributed by atoms with Gasteiger partial charge in [-0.25, -0.2) is 4.79 Å². The molecule has 0 amide bonds. The highest BCUT2D eigenvalue weighted by molar-refractivity contribution is 5.87. The molecule has 3 heteroatoms. The van der Waals surface area contributed by atoms with Crippen LogP contribution in [0.1, 0.15) is 17.5 Å². The van der Waals surface area contributed by atoms with Crippen LogP contribution in [-0.2, 0) is 21.4 Å². The van der Waals surface area contributed by atoms with Crippen LogP contribution in [0, 0.1) is 11.3 Å². The highest BCUT2D eigenvalue weighted by Crippen LogP contribution is 2.29. The molecule has 0 radical (unpaired) electrons. The predicted molar refractivity (Wildman–Crippen MR) is 89.7 cm³/mol. The molecule has 0 spiro atoms. The van der Waals surface area contributed by atoms with Crippen molar-refractivity contribution in [3.05, 3.63) is 83.9 Å². The Balaban J connectivity index is 2.19. The van der Waals surface area contributed by atoms with Crippen LogP contribution in [0.3, 0.4) is 0 Å². The van der Waals surface area contributed by atoms with Crippen molar-refractivity contribution in [1.82, 2.24) is 0 Å². The zero-order valence-electron chi connectivity index (χ0n) is 13.1. The zero-order chi connectivity index (χ0) is 16.5. The molecule has 0 saturated carbocycles. The van der Waals surface area contributed by atoms with Gasteiger partial charge in [0.05, 0.1) is 13.2 Å². The second kappa shape index (κ2) is 7.95. The summed E-state index contributed by atoms with van der Waals surface area (Å²) in [7, 11) is 1.31. The maximum atomic E-state index is 12.3. The molecule has 1 unspecified atom stereocenters. The molecule has 0 heterocycles. The molecule has 0 aliphatic carbocycles. The summed E-state index contributed by atoms with van der Waals surface area (Å²) < 4.78 is 4.88. The van der Waals surface area contributed by atoms with Crippen LogP contribution < -0.4 is 0 Å². The van der Waals surface area contributed by atoms with Crippen molar-refractivity contribution in [1.29, 1.82) is 5.26 Å². The Kier molecular flexibility index (Phi) is 5.71. The lowest BCUT2D eigenvalue weighted by Gasteiger charge is -2.22. The molecule has 2 aromatic carbocycles. The standard InChI is InChI=1S/C20H19NO2/c1-23-19(22)20(16-21,18-13-6-3-7-14-18)15-9-8-12-17-10-4-2-5-11-17/h2-11,13-14H,12,15H2,1H3/b9-8+. The van der Waals surface area contributed by atoms with Gasteiger partial charge < -0.3 is 4.74 Å². The number of hydrogen-bond donors (Lipinski definition) is 0. The number of hydrogen-bond acceptors (Lipinski definition) is 3. The summed E-state index contributed by atoms with van der Waals surface area (Å²) in [5.41, 5.74) is 0.534. The van der Waals surface area contributed by atoms with Crippen LogP contribution >= 0.6 is 0 Å². The van der Waals surface area contributed by atoms with Gasteiger partial charge in [0.25, 0.3) is 0 Å². The zero-order valence-corrected chi connectivity index (χ0v) is 13.1. The Morgan fingerprint density at radius 3 is 2.26 bits per heavy atom. The number of nitrogens with zero attached hydrogens (tertiary/aromatic N) is 1. The van der Waals surface area contributed by atoms with Gasteiger partial charge in [0.15, 0.2) is 5.41 Å². The van der Waals surface area contributed by atoms with Gasteiger partial charge in [-0.15, -0.1) is 0 Å². The topological polar surface area (TPSA) is 50.1 Å².